The standard InChI is InChI=1S/C18H25N3O4S/c1-4-7-21-13(2)10-15(14(21)3)11-16(12-19)18(22)20-26(23,24)17-5-8-25-9-6-17/h10-11,17H,4-9H2,1-3H3,(H,20,22)/b16-11+. The number of hydrogen-bond acceptors (Lipinski definition) is 5. The van der Waals surface area contributed by atoms with Crippen LogP contribution in [0.4, 0.5) is 0 Å². The Kier molecular flexibility index (Phi) is 6.62. The van der Waals surface area contributed by atoms with Crippen molar-refractivity contribution in [1.82, 2.24) is 9.29 Å². The first-order valence-corrected chi connectivity index (χ1v) is 10.3. The highest BCUT2D eigenvalue weighted by Gasteiger charge is 2.30. The third-order valence-electron chi connectivity index (χ3n) is 4.57. The number of sulfonamides is 1. The minimum Gasteiger partial charge on any atom is -0.381 e. The summed E-state index contributed by atoms with van der Waals surface area (Å²) in [5.41, 5.74) is 2.49. The molecule has 142 valence electrons. The van der Waals surface area contributed by atoms with Crippen LogP contribution < -0.4 is 4.72 Å². The number of aromatic nitrogens is 1. The number of carbonyl (C=O) groups is 1. The third kappa shape index (κ3) is 4.54. The number of amides is 1. The van der Waals surface area contributed by atoms with Gasteiger partial charge in [0.1, 0.15) is 11.6 Å². The molecule has 1 aromatic heterocycles. The molecule has 0 radical (unpaired) electrons. The van der Waals surface area contributed by atoms with Crippen molar-refractivity contribution in [1.29, 1.82) is 5.26 Å². The first kappa shape index (κ1) is 20.2. The predicted octanol–water partition coefficient (Wildman–Crippen LogP) is 2.05. The number of hydrogen-bond donors (Lipinski definition) is 1. The lowest BCUT2D eigenvalue weighted by Gasteiger charge is -2.22. The minimum absolute atomic E-state index is 0.225. The Labute approximate surface area is 154 Å². The molecule has 0 aliphatic carbocycles. The molecule has 0 saturated carbocycles. The van der Waals surface area contributed by atoms with Crippen molar-refractivity contribution >= 4 is 22.0 Å². The molecule has 0 aromatic carbocycles. The fourth-order valence-corrected chi connectivity index (χ4v) is 4.45. The summed E-state index contributed by atoms with van der Waals surface area (Å²) in [4.78, 5) is 12.3. The molecule has 0 spiro atoms. The molecular formula is C18H25N3O4S. The molecule has 8 heteroatoms. The first-order chi connectivity index (χ1) is 12.3. The molecule has 1 aliphatic heterocycles. The van der Waals surface area contributed by atoms with Crippen LogP contribution in [-0.2, 0) is 26.1 Å². The van der Waals surface area contributed by atoms with E-state index in [-0.39, 0.29) is 5.57 Å². The number of aryl methyl sites for hydroxylation is 1. The number of ether oxygens (including phenoxy) is 1. The van der Waals surface area contributed by atoms with Crippen molar-refractivity contribution in [2.24, 2.45) is 0 Å². The fourth-order valence-electron chi connectivity index (χ4n) is 3.10. The van der Waals surface area contributed by atoms with Gasteiger partial charge in [-0.2, -0.15) is 5.26 Å². The molecular weight excluding hydrogens is 354 g/mol. The van der Waals surface area contributed by atoms with E-state index in [1.54, 1.807) is 0 Å². The lowest BCUT2D eigenvalue weighted by Crippen LogP contribution is -2.41. The van der Waals surface area contributed by atoms with Crippen molar-refractivity contribution in [3.8, 4) is 6.07 Å². The van der Waals surface area contributed by atoms with E-state index in [1.807, 2.05) is 30.7 Å². The SMILES string of the molecule is CCCn1c(C)cc(/C=C(\C#N)C(=O)NS(=O)(=O)C2CCOCC2)c1C. The molecule has 1 amide bonds. The van der Waals surface area contributed by atoms with Crippen LogP contribution in [0.15, 0.2) is 11.6 Å². The molecule has 2 heterocycles. The van der Waals surface area contributed by atoms with Crippen LogP contribution in [-0.4, -0.2) is 37.4 Å². The summed E-state index contributed by atoms with van der Waals surface area (Å²) in [5, 5.41) is 8.66. The van der Waals surface area contributed by atoms with Gasteiger partial charge in [-0.3, -0.25) is 4.79 Å². The van der Waals surface area contributed by atoms with Crippen molar-refractivity contribution in [3.63, 3.8) is 0 Å². The van der Waals surface area contributed by atoms with E-state index in [9.17, 15) is 18.5 Å². The predicted molar refractivity (Wildman–Crippen MR) is 98.7 cm³/mol. The lowest BCUT2D eigenvalue weighted by atomic mass is 10.1. The quantitative estimate of drug-likeness (QED) is 0.602. The van der Waals surface area contributed by atoms with Crippen LogP contribution >= 0.6 is 0 Å². The minimum atomic E-state index is -3.83. The van der Waals surface area contributed by atoms with E-state index in [4.69, 9.17) is 4.74 Å². The number of nitrogens with zero attached hydrogens (tertiary/aromatic N) is 2. The molecule has 26 heavy (non-hydrogen) atoms. The largest absolute Gasteiger partial charge is 0.381 e. The Morgan fingerprint density at radius 1 is 1.42 bits per heavy atom. The van der Waals surface area contributed by atoms with E-state index in [0.29, 0.717) is 26.1 Å². The fraction of sp³-hybridized carbons (Fsp3) is 0.556. The van der Waals surface area contributed by atoms with Crippen LogP contribution in [0.5, 0.6) is 0 Å². The van der Waals surface area contributed by atoms with E-state index in [2.05, 4.69) is 11.5 Å². The van der Waals surface area contributed by atoms with Gasteiger partial charge in [0, 0.05) is 31.1 Å². The highest BCUT2D eigenvalue weighted by molar-refractivity contribution is 7.90. The number of nitrogens with one attached hydrogen (secondary N) is 1. The van der Waals surface area contributed by atoms with Crippen LogP contribution in [0.2, 0.25) is 0 Å². The van der Waals surface area contributed by atoms with Gasteiger partial charge in [-0.1, -0.05) is 6.92 Å². The summed E-state index contributed by atoms with van der Waals surface area (Å²) in [6.07, 6.45) is 3.09. The molecule has 0 unspecified atom stereocenters. The molecule has 0 bridgehead atoms. The van der Waals surface area contributed by atoms with Gasteiger partial charge < -0.3 is 9.30 Å². The van der Waals surface area contributed by atoms with Crippen LogP contribution in [0.3, 0.4) is 0 Å². The van der Waals surface area contributed by atoms with E-state index < -0.39 is 21.2 Å². The number of rotatable bonds is 6. The van der Waals surface area contributed by atoms with Crippen molar-refractivity contribution in [2.45, 2.75) is 51.8 Å². The summed E-state index contributed by atoms with van der Waals surface area (Å²) in [6, 6.07) is 3.71. The van der Waals surface area contributed by atoms with E-state index in [0.717, 1.165) is 29.9 Å². The summed E-state index contributed by atoms with van der Waals surface area (Å²) in [6.45, 7) is 7.50. The lowest BCUT2D eigenvalue weighted by molar-refractivity contribution is -0.115. The van der Waals surface area contributed by atoms with Gasteiger partial charge in [0.15, 0.2) is 0 Å². The third-order valence-corrected chi connectivity index (χ3v) is 6.39. The van der Waals surface area contributed by atoms with Crippen molar-refractivity contribution < 1.29 is 17.9 Å². The highest BCUT2D eigenvalue weighted by atomic mass is 32.2. The summed E-state index contributed by atoms with van der Waals surface area (Å²) >= 11 is 0. The number of nitriles is 1. The zero-order valence-corrected chi connectivity index (χ0v) is 16.2. The van der Waals surface area contributed by atoms with Crippen molar-refractivity contribution in [3.05, 3.63) is 28.6 Å². The summed E-state index contributed by atoms with van der Waals surface area (Å²) in [5.74, 6) is -0.890. The van der Waals surface area contributed by atoms with Gasteiger partial charge in [-0.15, -0.1) is 0 Å². The van der Waals surface area contributed by atoms with Crippen molar-refractivity contribution in [2.75, 3.05) is 13.2 Å². The molecule has 1 saturated heterocycles. The summed E-state index contributed by atoms with van der Waals surface area (Å²) < 4.78 is 34.0. The average Bonchev–Trinajstić information content (AvgIpc) is 2.87. The average molecular weight is 379 g/mol. The molecule has 7 nitrogen and oxygen atoms in total. The van der Waals surface area contributed by atoms with Crippen LogP contribution in [0.25, 0.3) is 6.08 Å². The summed E-state index contributed by atoms with van der Waals surface area (Å²) in [7, 11) is -3.83. The second kappa shape index (κ2) is 8.52. The number of carbonyl (C=O) groups excluding carboxylic acids is 1. The van der Waals surface area contributed by atoms with Gasteiger partial charge in [-0.25, -0.2) is 13.1 Å². The Balaban J connectivity index is 2.22. The maximum absolute atomic E-state index is 12.4. The zero-order valence-electron chi connectivity index (χ0n) is 15.4. The Bertz CT molecular complexity index is 841. The van der Waals surface area contributed by atoms with Gasteiger partial charge >= 0.3 is 0 Å². The second-order valence-electron chi connectivity index (χ2n) is 6.44. The monoisotopic (exact) mass is 379 g/mol. The molecule has 1 aromatic rings. The normalized spacial score (nSPS) is 16.3. The zero-order chi connectivity index (χ0) is 19.3. The smallest absolute Gasteiger partial charge is 0.275 e. The Morgan fingerprint density at radius 2 is 2.08 bits per heavy atom. The van der Waals surface area contributed by atoms with Gasteiger partial charge in [0.25, 0.3) is 5.91 Å². The highest BCUT2D eigenvalue weighted by Crippen LogP contribution is 2.19. The van der Waals surface area contributed by atoms with Gasteiger partial charge in [0.2, 0.25) is 10.0 Å². The van der Waals surface area contributed by atoms with Crippen LogP contribution in [0.1, 0.15) is 43.1 Å². The van der Waals surface area contributed by atoms with E-state index >= 15 is 0 Å². The van der Waals surface area contributed by atoms with Gasteiger partial charge in [-0.05, 0) is 50.8 Å². The molecule has 0 atom stereocenters. The van der Waals surface area contributed by atoms with Gasteiger partial charge in [0.05, 0.1) is 5.25 Å². The molecule has 2 rings (SSSR count). The first-order valence-electron chi connectivity index (χ1n) is 8.72. The maximum Gasteiger partial charge on any atom is 0.275 e. The Morgan fingerprint density at radius 3 is 2.65 bits per heavy atom. The molecule has 1 N–H and O–H groups in total. The van der Waals surface area contributed by atoms with E-state index in [1.165, 1.54) is 6.08 Å². The van der Waals surface area contributed by atoms with Crippen LogP contribution in [0, 0.1) is 25.2 Å². The second-order valence-corrected chi connectivity index (χ2v) is 8.40. The topological polar surface area (TPSA) is 101 Å². The molecule has 1 aliphatic rings. The Hall–Kier alpha value is -2.11. The maximum atomic E-state index is 12.4. The molecule has 1 fully saturated rings.